The lowest BCUT2D eigenvalue weighted by molar-refractivity contribution is 0.177. The Morgan fingerprint density at radius 3 is 3.12 bits per heavy atom. The van der Waals surface area contributed by atoms with Gasteiger partial charge >= 0.3 is 0 Å². The summed E-state index contributed by atoms with van der Waals surface area (Å²) in [5.41, 5.74) is 0. The number of nitrogens with zero attached hydrogens (tertiary/aromatic N) is 1. The zero-order valence-electron chi connectivity index (χ0n) is 10.6. The summed E-state index contributed by atoms with van der Waals surface area (Å²) >= 11 is 0. The van der Waals surface area contributed by atoms with Crippen LogP contribution in [0.2, 0.25) is 0 Å². The Morgan fingerprint density at radius 2 is 2.38 bits per heavy atom. The van der Waals surface area contributed by atoms with E-state index in [0.717, 1.165) is 32.2 Å². The van der Waals surface area contributed by atoms with Crippen LogP contribution in [0.1, 0.15) is 19.8 Å². The monoisotopic (exact) mass is 224 g/mol. The van der Waals surface area contributed by atoms with Gasteiger partial charge in [-0.15, -0.1) is 5.92 Å². The van der Waals surface area contributed by atoms with Crippen LogP contribution < -0.4 is 5.32 Å². The highest BCUT2D eigenvalue weighted by atomic mass is 16.5. The maximum absolute atomic E-state index is 5.01. The zero-order valence-corrected chi connectivity index (χ0v) is 10.6. The van der Waals surface area contributed by atoms with E-state index in [1.54, 1.807) is 7.11 Å². The molecule has 1 rings (SSSR count). The number of rotatable bonds is 6. The Hall–Kier alpha value is -0.560. The van der Waals surface area contributed by atoms with Crippen molar-refractivity contribution in [1.82, 2.24) is 10.2 Å². The average Bonchev–Trinajstić information content (AvgIpc) is 2.33. The Kier molecular flexibility index (Phi) is 7.24. The van der Waals surface area contributed by atoms with E-state index >= 15 is 0 Å². The van der Waals surface area contributed by atoms with Gasteiger partial charge in [-0.2, -0.15) is 0 Å². The summed E-state index contributed by atoms with van der Waals surface area (Å²) in [5.74, 6) is 6.90. The van der Waals surface area contributed by atoms with Gasteiger partial charge in [-0.3, -0.25) is 4.90 Å². The summed E-state index contributed by atoms with van der Waals surface area (Å²) < 4.78 is 5.01. The van der Waals surface area contributed by atoms with Gasteiger partial charge in [0, 0.05) is 20.2 Å². The van der Waals surface area contributed by atoms with E-state index in [4.69, 9.17) is 4.74 Å². The quantitative estimate of drug-likeness (QED) is 0.537. The molecule has 0 bridgehead atoms. The third kappa shape index (κ3) is 5.50. The van der Waals surface area contributed by atoms with Crippen LogP contribution in [-0.4, -0.2) is 51.3 Å². The molecule has 1 aliphatic heterocycles. The fourth-order valence-electron chi connectivity index (χ4n) is 2.13. The van der Waals surface area contributed by atoms with E-state index in [1.165, 1.54) is 25.9 Å². The fourth-order valence-corrected chi connectivity index (χ4v) is 2.13. The Morgan fingerprint density at radius 1 is 1.50 bits per heavy atom. The van der Waals surface area contributed by atoms with Crippen LogP contribution in [0.15, 0.2) is 0 Å². The van der Waals surface area contributed by atoms with E-state index in [2.05, 4.69) is 22.1 Å². The third-order valence-electron chi connectivity index (χ3n) is 3.00. The lowest BCUT2D eigenvalue weighted by Crippen LogP contribution is -2.40. The predicted molar refractivity (Wildman–Crippen MR) is 67.4 cm³/mol. The van der Waals surface area contributed by atoms with Crippen molar-refractivity contribution in [1.29, 1.82) is 0 Å². The minimum Gasteiger partial charge on any atom is -0.383 e. The van der Waals surface area contributed by atoms with Crippen LogP contribution in [0.25, 0.3) is 0 Å². The molecular formula is C13H24N2O. The van der Waals surface area contributed by atoms with Gasteiger partial charge in [0.05, 0.1) is 13.2 Å². The Balaban J connectivity index is 2.13. The van der Waals surface area contributed by atoms with Gasteiger partial charge < -0.3 is 10.1 Å². The van der Waals surface area contributed by atoms with Gasteiger partial charge in [0.2, 0.25) is 0 Å². The topological polar surface area (TPSA) is 24.5 Å². The van der Waals surface area contributed by atoms with E-state index < -0.39 is 0 Å². The molecule has 0 aromatic heterocycles. The molecular weight excluding hydrogens is 200 g/mol. The Bertz CT molecular complexity index is 232. The van der Waals surface area contributed by atoms with Gasteiger partial charge in [-0.1, -0.05) is 5.92 Å². The molecule has 1 atom stereocenters. The average molecular weight is 224 g/mol. The van der Waals surface area contributed by atoms with Crippen molar-refractivity contribution in [3.63, 3.8) is 0 Å². The van der Waals surface area contributed by atoms with Crippen molar-refractivity contribution < 1.29 is 4.74 Å². The van der Waals surface area contributed by atoms with Gasteiger partial charge in [-0.25, -0.2) is 0 Å². The minimum absolute atomic E-state index is 0.782. The zero-order chi connectivity index (χ0) is 11.6. The summed E-state index contributed by atoms with van der Waals surface area (Å²) in [6, 6.07) is 0. The molecule has 16 heavy (non-hydrogen) atoms. The molecule has 0 amide bonds. The van der Waals surface area contributed by atoms with Crippen molar-refractivity contribution in [3.05, 3.63) is 0 Å². The summed E-state index contributed by atoms with van der Waals surface area (Å²) in [6.07, 6.45) is 2.65. The summed E-state index contributed by atoms with van der Waals surface area (Å²) in [4.78, 5) is 2.46. The van der Waals surface area contributed by atoms with Gasteiger partial charge in [0.15, 0.2) is 0 Å². The van der Waals surface area contributed by atoms with Crippen LogP contribution in [-0.2, 0) is 4.74 Å². The van der Waals surface area contributed by atoms with Crippen molar-refractivity contribution >= 4 is 0 Å². The number of methoxy groups -OCH3 is 1. The molecule has 1 aliphatic rings. The van der Waals surface area contributed by atoms with Gasteiger partial charge in [-0.05, 0) is 38.8 Å². The molecule has 0 aliphatic carbocycles. The van der Waals surface area contributed by atoms with Crippen LogP contribution in [0.5, 0.6) is 0 Å². The summed E-state index contributed by atoms with van der Waals surface area (Å²) in [7, 11) is 1.74. The molecule has 1 N–H and O–H groups in total. The lowest BCUT2D eigenvalue weighted by Gasteiger charge is -2.31. The first-order valence-electron chi connectivity index (χ1n) is 6.18. The molecule has 0 spiro atoms. The van der Waals surface area contributed by atoms with Crippen molar-refractivity contribution in [2.24, 2.45) is 5.92 Å². The van der Waals surface area contributed by atoms with E-state index in [9.17, 15) is 0 Å². The van der Waals surface area contributed by atoms with Gasteiger partial charge in [0.1, 0.15) is 0 Å². The summed E-state index contributed by atoms with van der Waals surface area (Å²) in [5, 5.41) is 3.44. The van der Waals surface area contributed by atoms with E-state index in [-0.39, 0.29) is 0 Å². The normalized spacial score (nSPS) is 21.5. The molecule has 92 valence electrons. The van der Waals surface area contributed by atoms with Crippen molar-refractivity contribution in [2.45, 2.75) is 19.8 Å². The summed E-state index contributed by atoms with van der Waals surface area (Å²) in [6.45, 7) is 8.12. The molecule has 3 heteroatoms. The molecule has 1 heterocycles. The molecule has 1 saturated heterocycles. The minimum atomic E-state index is 0.782. The van der Waals surface area contributed by atoms with Crippen LogP contribution in [0.4, 0.5) is 0 Å². The highest BCUT2D eigenvalue weighted by Crippen LogP contribution is 2.14. The maximum Gasteiger partial charge on any atom is 0.0601 e. The van der Waals surface area contributed by atoms with Crippen molar-refractivity contribution in [3.8, 4) is 11.8 Å². The maximum atomic E-state index is 5.01. The predicted octanol–water partition coefficient (Wildman–Crippen LogP) is 0.958. The molecule has 0 aromatic carbocycles. The molecule has 1 unspecified atom stereocenters. The second-order valence-electron chi connectivity index (χ2n) is 4.37. The first kappa shape index (κ1) is 13.5. The van der Waals surface area contributed by atoms with Crippen LogP contribution >= 0.6 is 0 Å². The number of hydrogen-bond donors (Lipinski definition) is 1. The molecule has 0 aromatic rings. The number of likely N-dealkylation sites (tertiary alicyclic amines) is 1. The van der Waals surface area contributed by atoms with Crippen LogP contribution in [0, 0.1) is 17.8 Å². The molecule has 0 saturated carbocycles. The second-order valence-corrected chi connectivity index (χ2v) is 4.37. The first-order chi connectivity index (χ1) is 7.86. The van der Waals surface area contributed by atoms with E-state index in [1.807, 2.05) is 6.92 Å². The molecule has 3 nitrogen and oxygen atoms in total. The number of piperidine rings is 1. The standard InChI is InChI=1S/C13H24N2O/c1-3-4-8-15-9-5-6-13(12-15)11-14-7-10-16-2/h13-14H,5-12H2,1-2H3. The van der Waals surface area contributed by atoms with E-state index in [0.29, 0.717) is 0 Å². The number of hydrogen-bond acceptors (Lipinski definition) is 3. The first-order valence-corrected chi connectivity index (χ1v) is 6.18. The van der Waals surface area contributed by atoms with Gasteiger partial charge in [0.25, 0.3) is 0 Å². The fraction of sp³-hybridized carbons (Fsp3) is 0.846. The largest absolute Gasteiger partial charge is 0.383 e. The molecule has 1 fully saturated rings. The molecule has 0 radical (unpaired) electrons. The van der Waals surface area contributed by atoms with Crippen molar-refractivity contribution in [2.75, 3.05) is 46.4 Å². The third-order valence-corrected chi connectivity index (χ3v) is 3.00. The Labute approximate surface area is 99.5 Å². The number of nitrogens with one attached hydrogen (secondary N) is 1. The number of ether oxygens (including phenoxy) is 1. The smallest absolute Gasteiger partial charge is 0.0601 e. The SMILES string of the molecule is CC#CCN1CCCC(CNCCOC)C1. The second kappa shape index (κ2) is 8.58. The van der Waals surface area contributed by atoms with Crippen LogP contribution in [0.3, 0.4) is 0 Å². The highest BCUT2D eigenvalue weighted by molar-refractivity contribution is 4.98. The lowest BCUT2D eigenvalue weighted by atomic mass is 9.98. The highest BCUT2D eigenvalue weighted by Gasteiger charge is 2.18.